The number of carbonyl (C=O) groups is 1. The van der Waals surface area contributed by atoms with Crippen LogP contribution in [0.2, 0.25) is 5.02 Å². The number of rotatable bonds is 10. The van der Waals surface area contributed by atoms with Crippen LogP contribution in [0.3, 0.4) is 0 Å². The van der Waals surface area contributed by atoms with Gasteiger partial charge in [0.25, 0.3) is 0 Å². The Morgan fingerprint density at radius 2 is 1.83 bits per heavy atom. The third-order valence-electron chi connectivity index (χ3n) is 5.18. The molecule has 0 bridgehead atoms. The van der Waals surface area contributed by atoms with Crippen molar-refractivity contribution in [1.29, 1.82) is 0 Å². The van der Waals surface area contributed by atoms with Gasteiger partial charge in [-0.25, -0.2) is 4.39 Å². The number of halogens is 2. The molecule has 1 heterocycles. The first-order valence-corrected chi connectivity index (χ1v) is 12.3. The van der Waals surface area contributed by atoms with Gasteiger partial charge >= 0.3 is 0 Å². The summed E-state index contributed by atoms with van der Waals surface area (Å²) in [7, 11) is 0. The van der Waals surface area contributed by atoms with Gasteiger partial charge in [0.1, 0.15) is 12.4 Å². The lowest BCUT2D eigenvalue weighted by Crippen LogP contribution is -2.28. The molecule has 0 spiro atoms. The van der Waals surface area contributed by atoms with E-state index in [0.717, 1.165) is 22.4 Å². The Morgan fingerprint density at radius 3 is 2.60 bits per heavy atom. The summed E-state index contributed by atoms with van der Waals surface area (Å²) in [5.74, 6) is 0.618. The summed E-state index contributed by atoms with van der Waals surface area (Å²) in [4.78, 5) is 12.4. The van der Waals surface area contributed by atoms with E-state index in [1.165, 1.54) is 23.9 Å². The van der Waals surface area contributed by atoms with Gasteiger partial charge in [0.2, 0.25) is 5.91 Å². The number of aryl methyl sites for hydroxylation is 1. The molecule has 0 saturated heterocycles. The van der Waals surface area contributed by atoms with Crippen LogP contribution in [0.15, 0.2) is 78.0 Å². The van der Waals surface area contributed by atoms with E-state index >= 15 is 0 Å². The van der Waals surface area contributed by atoms with Crippen molar-refractivity contribution in [3.63, 3.8) is 0 Å². The molecule has 0 unspecified atom stereocenters. The van der Waals surface area contributed by atoms with Crippen molar-refractivity contribution in [3.8, 4) is 5.69 Å². The Balaban J connectivity index is 1.46. The highest BCUT2D eigenvalue weighted by Gasteiger charge is 2.17. The number of carbonyl (C=O) groups excluding carboxylic acids is 1. The second-order valence-electron chi connectivity index (χ2n) is 7.84. The zero-order chi connectivity index (χ0) is 24.6. The number of aromatic nitrogens is 3. The first-order valence-electron chi connectivity index (χ1n) is 11.0. The molecule has 1 amide bonds. The average Bonchev–Trinajstić information content (AvgIpc) is 3.27. The maximum absolute atomic E-state index is 13.2. The van der Waals surface area contributed by atoms with Crippen molar-refractivity contribution < 1.29 is 13.9 Å². The Bertz CT molecular complexity index is 1280. The Hall–Kier alpha value is -3.20. The molecule has 1 aromatic heterocycles. The van der Waals surface area contributed by atoms with Crippen molar-refractivity contribution in [2.75, 3.05) is 6.61 Å². The highest BCUT2D eigenvalue weighted by atomic mass is 35.5. The molecule has 0 saturated carbocycles. The topological polar surface area (TPSA) is 69.0 Å². The largest absolute Gasteiger partial charge is 0.367 e. The molecule has 0 fully saturated rings. The second kappa shape index (κ2) is 12.0. The maximum Gasteiger partial charge on any atom is 0.246 e. The van der Waals surface area contributed by atoms with Gasteiger partial charge in [-0.3, -0.25) is 9.36 Å². The zero-order valence-corrected chi connectivity index (χ0v) is 20.7. The van der Waals surface area contributed by atoms with E-state index in [2.05, 4.69) is 15.5 Å². The van der Waals surface area contributed by atoms with Gasteiger partial charge in [-0.2, -0.15) is 0 Å². The van der Waals surface area contributed by atoms with Crippen LogP contribution in [0.1, 0.15) is 22.5 Å². The predicted octanol–water partition coefficient (Wildman–Crippen LogP) is 5.49. The molecule has 4 rings (SSSR count). The Morgan fingerprint density at radius 1 is 1.06 bits per heavy atom. The van der Waals surface area contributed by atoms with Gasteiger partial charge in [0.05, 0.1) is 18.8 Å². The van der Waals surface area contributed by atoms with E-state index in [1.807, 2.05) is 60.0 Å². The number of nitrogens with zero attached hydrogens (tertiary/aromatic N) is 3. The van der Waals surface area contributed by atoms with Gasteiger partial charge < -0.3 is 10.1 Å². The molecule has 0 aliphatic heterocycles. The Kier molecular flexibility index (Phi) is 8.52. The van der Waals surface area contributed by atoms with Crippen LogP contribution in [0.25, 0.3) is 5.69 Å². The van der Waals surface area contributed by atoms with Crippen LogP contribution >= 0.6 is 23.4 Å². The van der Waals surface area contributed by atoms with Crippen molar-refractivity contribution in [3.05, 3.63) is 106 Å². The number of thioether (sulfide) groups is 1. The van der Waals surface area contributed by atoms with Crippen LogP contribution < -0.4 is 5.32 Å². The molecule has 9 heteroatoms. The highest BCUT2D eigenvalue weighted by Crippen LogP contribution is 2.28. The number of hydrogen-bond donors (Lipinski definition) is 1. The highest BCUT2D eigenvalue weighted by molar-refractivity contribution is 7.98. The van der Waals surface area contributed by atoms with E-state index < -0.39 is 0 Å². The maximum atomic E-state index is 13.2. The number of nitrogens with one attached hydrogen (secondary N) is 1. The van der Waals surface area contributed by atoms with Gasteiger partial charge in [0, 0.05) is 10.8 Å². The summed E-state index contributed by atoms with van der Waals surface area (Å²) in [6.45, 7) is 2.44. The van der Waals surface area contributed by atoms with Gasteiger partial charge in [-0.05, 0) is 47.9 Å². The second-order valence-corrected chi connectivity index (χ2v) is 9.21. The minimum Gasteiger partial charge on any atom is -0.367 e. The average molecular weight is 511 g/mol. The van der Waals surface area contributed by atoms with E-state index in [1.54, 1.807) is 12.1 Å². The lowest BCUT2D eigenvalue weighted by molar-refractivity contribution is -0.126. The molecule has 35 heavy (non-hydrogen) atoms. The fourth-order valence-corrected chi connectivity index (χ4v) is 4.45. The minimum atomic E-state index is -0.276. The molecule has 1 N–H and O–H groups in total. The SMILES string of the molecule is Cc1ccc(Cl)cc1-n1c(CNC(=O)COCc2ccccc2)nnc1SCc1ccc(F)cc1. The quantitative estimate of drug-likeness (QED) is 0.285. The summed E-state index contributed by atoms with van der Waals surface area (Å²) in [6, 6.07) is 21.6. The smallest absolute Gasteiger partial charge is 0.246 e. The monoisotopic (exact) mass is 510 g/mol. The molecule has 3 aromatic carbocycles. The fraction of sp³-hybridized carbons (Fsp3) is 0.192. The molecule has 0 aliphatic carbocycles. The number of ether oxygens (including phenoxy) is 1. The van der Waals surface area contributed by atoms with Crippen LogP contribution in [0, 0.1) is 12.7 Å². The van der Waals surface area contributed by atoms with Crippen molar-refractivity contribution >= 4 is 29.3 Å². The van der Waals surface area contributed by atoms with Crippen molar-refractivity contribution in [1.82, 2.24) is 20.1 Å². The summed E-state index contributed by atoms with van der Waals surface area (Å²) in [5, 5.41) is 12.8. The van der Waals surface area contributed by atoms with Crippen LogP contribution in [-0.2, 0) is 28.4 Å². The van der Waals surface area contributed by atoms with E-state index in [4.69, 9.17) is 16.3 Å². The van der Waals surface area contributed by atoms with Gasteiger partial charge in [0.15, 0.2) is 11.0 Å². The first kappa shape index (κ1) is 24.9. The molecule has 0 radical (unpaired) electrons. The van der Waals surface area contributed by atoms with Gasteiger partial charge in [-0.15, -0.1) is 10.2 Å². The minimum absolute atomic E-state index is 0.0641. The molecule has 0 aliphatic rings. The predicted molar refractivity (Wildman–Crippen MR) is 135 cm³/mol. The molecule has 4 aromatic rings. The van der Waals surface area contributed by atoms with E-state index in [-0.39, 0.29) is 24.9 Å². The Labute approximate surface area is 212 Å². The molecule has 6 nitrogen and oxygen atoms in total. The normalized spacial score (nSPS) is 10.9. The van der Waals surface area contributed by atoms with Crippen LogP contribution in [0.5, 0.6) is 0 Å². The summed E-state index contributed by atoms with van der Waals surface area (Å²) >= 11 is 7.75. The van der Waals surface area contributed by atoms with Crippen LogP contribution in [0.4, 0.5) is 4.39 Å². The van der Waals surface area contributed by atoms with Crippen LogP contribution in [-0.4, -0.2) is 27.3 Å². The number of benzene rings is 3. The summed E-state index contributed by atoms with van der Waals surface area (Å²) in [6.07, 6.45) is 0. The van der Waals surface area contributed by atoms with E-state index in [9.17, 15) is 9.18 Å². The summed E-state index contributed by atoms with van der Waals surface area (Å²) in [5.41, 5.74) is 3.77. The first-order chi connectivity index (χ1) is 17.0. The van der Waals surface area contributed by atoms with Crippen molar-refractivity contribution in [2.24, 2.45) is 0 Å². The lowest BCUT2D eigenvalue weighted by atomic mass is 10.2. The van der Waals surface area contributed by atoms with E-state index in [0.29, 0.717) is 28.4 Å². The molecule has 0 atom stereocenters. The number of hydrogen-bond acceptors (Lipinski definition) is 5. The third kappa shape index (κ3) is 6.91. The zero-order valence-electron chi connectivity index (χ0n) is 19.1. The van der Waals surface area contributed by atoms with Crippen molar-refractivity contribution in [2.45, 2.75) is 31.0 Å². The number of amides is 1. The third-order valence-corrected chi connectivity index (χ3v) is 6.42. The standard InChI is InChI=1S/C26H24ClFN4O2S/c1-18-7-10-21(27)13-23(18)32-24(14-29-25(33)16-34-15-19-5-3-2-4-6-19)30-31-26(32)35-17-20-8-11-22(28)12-9-20/h2-13H,14-17H2,1H3,(H,29,33). The molecular weight excluding hydrogens is 487 g/mol. The van der Waals surface area contributed by atoms with Gasteiger partial charge in [-0.1, -0.05) is 71.9 Å². The lowest BCUT2D eigenvalue weighted by Gasteiger charge is -2.14. The fourth-order valence-electron chi connectivity index (χ4n) is 3.37. The molecule has 180 valence electrons. The molecular formula is C26H24ClFN4O2S. The summed E-state index contributed by atoms with van der Waals surface area (Å²) < 4.78 is 20.7.